The summed E-state index contributed by atoms with van der Waals surface area (Å²) in [7, 11) is 0. The maximum absolute atomic E-state index is 12.4. The summed E-state index contributed by atoms with van der Waals surface area (Å²) < 4.78 is 24.8. The van der Waals surface area contributed by atoms with Crippen LogP contribution < -0.4 is 10.5 Å². The number of aromatic nitrogens is 3. The minimum absolute atomic E-state index is 0.200. The highest BCUT2D eigenvalue weighted by Crippen LogP contribution is 2.21. The average Bonchev–Trinajstić information content (AvgIpc) is 2.48. The quantitative estimate of drug-likeness (QED) is 0.903. The Kier molecular flexibility index (Phi) is 3.78. The molecule has 3 heterocycles. The molecule has 0 unspecified atom stereocenters. The van der Waals surface area contributed by atoms with Crippen LogP contribution in [0.15, 0.2) is 23.4 Å². The maximum Gasteiger partial charge on any atom is 0.258 e. The van der Waals surface area contributed by atoms with Crippen molar-refractivity contribution in [3.05, 3.63) is 28.9 Å². The van der Waals surface area contributed by atoms with Crippen LogP contribution in [0.4, 0.5) is 14.6 Å². The third kappa shape index (κ3) is 2.85. The van der Waals surface area contributed by atoms with Gasteiger partial charge in [-0.15, -0.1) is 0 Å². The van der Waals surface area contributed by atoms with Gasteiger partial charge in [0.2, 0.25) is 0 Å². The summed E-state index contributed by atoms with van der Waals surface area (Å²) in [5.74, 6) is 0.635. The number of H-pyrrole nitrogens is 1. The number of anilines is 1. The number of alkyl halides is 2. The molecule has 0 aromatic carbocycles. The van der Waals surface area contributed by atoms with E-state index in [4.69, 9.17) is 0 Å². The van der Waals surface area contributed by atoms with Crippen LogP contribution in [0.3, 0.4) is 0 Å². The molecule has 2 aromatic heterocycles. The molecule has 0 amide bonds. The Morgan fingerprint density at radius 2 is 2.00 bits per heavy atom. The van der Waals surface area contributed by atoms with E-state index in [9.17, 15) is 13.6 Å². The molecule has 1 fully saturated rings. The molecule has 0 radical (unpaired) electrons. The number of halogens is 2. The molecule has 0 atom stereocenters. The smallest absolute Gasteiger partial charge is 0.258 e. The lowest BCUT2D eigenvalue weighted by Crippen LogP contribution is -2.48. The third-order valence-corrected chi connectivity index (χ3v) is 3.61. The molecule has 6 nitrogen and oxygen atoms in total. The molecular formula is C13H15F2N5O. The molecule has 1 aliphatic rings. The fraction of sp³-hybridized carbons (Fsp3) is 0.462. The number of hydrogen-bond acceptors (Lipinski definition) is 5. The maximum atomic E-state index is 12.4. The molecule has 1 aliphatic heterocycles. The number of rotatable bonds is 3. The van der Waals surface area contributed by atoms with Crippen molar-refractivity contribution in [3.63, 3.8) is 0 Å². The number of hydrogen-bond donors (Lipinski definition) is 1. The van der Waals surface area contributed by atoms with Crippen LogP contribution in [0.1, 0.15) is 0 Å². The molecule has 1 N–H and O–H groups in total. The Morgan fingerprint density at radius 3 is 2.71 bits per heavy atom. The fourth-order valence-corrected chi connectivity index (χ4v) is 2.56. The largest absolute Gasteiger partial charge is 0.352 e. The summed E-state index contributed by atoms with van der Waals surface area (Å²) in [6.07, 6.45) is 0.607. The summed E-state index contributed by atoms with van der Waals surface area (Å²) in [4.78, 5) is 26.5. The van der Waals surface area contributed by atoms with Crippen molar-refractivity contribution < 1.29 is 8.78 Å². The molecule has 0 aliphatic carbocycles. The van der Waals surface area contributed by atoms with Gasteiger partial charge >= 0.3 is 0 Å². The Balaban J connectivity index is 1.83. The summed E-state index contributed by atoms with van der Waals surface area (Å²) in [6.45, 7) is 2.08. The molecule has 0 spiro atoms. The second-order valence-electron chi connectivity index (χ2n) is 4.94. The van der Waals surface area contributed by atoms with E-state index in [-0.39, 0.29) is 12.1 Å². The van der Waals surface area contributed by atoms with E-state index >= 15 is 0 Å². The Morgan fingerprint density at radius 1 is 1.24 bits per heavy atom. The highest BCUT2D eigenvalue weighted by atomic mass is 19.3. The van der Waals surface area contributed by atoms with Gasteiger partial charge in [0.05, 0.1) is 18.3 Å². The van der Waals surface area contributed by atoms with Crippen LogP contribution in [0.5, 0.6) is 0 Å². The SMILES string of the molecule is O=c1[nH]cnc2c(N3CCN(CC(F)F)CC3)nccc12. The van der Waals surface area contributed by atoms with E-state index in [2.05, 4.69) is 15.0 Å². The zero-order chi connectivity index (χ0) is 14.8. The van der Waals surface area contributed by atoms with Crippen molar-refractivity contribution >= 4 is 16.7 Å². The second-order valence-corrected chi connectivity index (χ2v) is 4.94. The first kappa shape index (κ1) is 13.9. The monoisotopic (exact) mass is 295 g/mol. The highest BCUT2D eigenvalue weighted by Gasteiger charge is 2.22. The van der Waals surface area contributed by atoms with Crippen molar-refractivity contribution in [2.45, 2.75) is 6.43 Å². The number of fused-ring (bicyclic) bond motifs is 1. The number of aromatic amines is 1. The number of pyridine rings is 1. The third-order valence-electron chi connectivity index (χ3n) is 3.61. The predicted molar refractivity (Wildman–Crippen MR) is 74.8 cm³/mol. The van der Waals surface area contributed by atoms with Crippen molar-refractivity contribution in [1.29, 1.82) is 0 Å². The van der Waals surface area contributed by atoms with Gasteiger partial charge in [0, 0.05) is 32.4 Å². The minimum atomic E-state index is -2.31. The van der Waals surface area contributed by atoms with Gasteiger partial charge in [0.15, 0.2) is 5.82 Å². The summed E-state index contributed by atoms with van der Waals surface area (Å²) in [6, 6.07) is 1.62. The first-order valence-corrected chi connectivity index (χ1v) is 6.73. The highest BCUT2D eigenvalue weighted by molar-refractivity contribution is 5.87. The lowest BCUT2D eigenvalue weighted by molar-refractivity contribution is 0.0854. The van der Waals surface area contributed by atoms with Crippen LogP contribution in [0.25, 0.3) is 10.9 Å². The topological polar surface area (TPSA) is 65.1 Å². The van der Waals surface area contributed by atoms with Crippen molar-refractivity contribution in [1.82, 2.24) is 19.9 Å². The average molecular weight is 295 g/mol. The Bertz CT molecular complexity index is 682. The molecule has 112 valence electrons. The molecule has 0 saturated carbocycles. The minimum Gasteiger partial charge on any atom is -0.352 e. The first-order valence-electron chi connectivity index (χ1n) is 6.73. The number of piperazine rings is 1. The van der Waals surface area contributed by atoms with E-state index in [0.717, 1.165) is 0 Å². The molecule has 0 bridgehead atoms. The molecular weight excluding hydrogens is 280 g/mol. The van der Waals surface area contributed by atoms with Gasteiger partial charge < -0.3 is 9.88 Å². The van der Waals surface area contributed by atoms with E-state index in [1.54, 1.807) is 17.2 Å². The molecule has 1 saturated heterocycles. The van der Waals surface area contributed by atoms with Gasteiger partial charge in [-0.25, -0.2) is 18.7 Å². The van der Waals surface area contributed by atoms with E-state index in [1.165, 1.54) is 6.33 Å². The fourth-order valence-electron chi connectivity index (χ4n) is 2.56. The van der Waals surface area contributed by atoms with Crippen LogP contribution in [0.2, 0.25) is 0 Å². The van der Waals surface area contributed by atoms with Gasteiger partial charge in [-0.1, -0.05) is 0 Å². The van der Waals surface area contributed by atoms with Crippen molar-refractivity contribution in [2.75, 3.05) is 37.6 Å². The van der Waals surface area contributed by atoms with Crippen LogP contribution >= 0.6 is 0 Å². The lowest BCUT2D eigenvalue weighted by atomic mass is 10.2. The molecule has 8 heteroatoms. The van der Waals surface area contributed by atoms with Crippen LogP contribution in [-0.2, 0) is 0 Å². The van der Waals surface area contributed by atoms with E-state index in [1.807, 2.05) is 4.90 Å². The van der Waals surface area contributed by atoms with E-state index < -0.39 is 6.43 Å². The normalized spacial score (nSPS) is 16.8. The van der Waals surface area contributed by atoms with Gasteiger partial charge in [-0.3, -0.25) is 9.69 Å². The van der Waals surface area contributed by atoms with Gasteiger partial charge in [-0.2, -0.15) is 0 Å². The summed E-state index contributed by atoms with van der Waals surface area (Å²) >= 11 is 0. The van der Waals surface area contributed by atoms with Crippen molar-refractivity contribution in [2.24, 2.45) is 0 Å². The van der Waals surface area contributed by atoms with Gasteiger partial charge in [-0.05, 0) is 6.07 Å². The lowest BCUT2D eigenvalue weighted by Gasteiger charge is -2.35. The number of nitrogens with zero attached hydrogens (tertiary/aromatic N) is 4. The van der Waals surface area contributed by atoms with Crippen LogP contribution in [-0.4, -0.2) is 59.0 Å². The van der Waals surface area contributed by atoms with Crippen LogP contribution in [0, 0.1) is 0 Å². The first-order chi connectivity index (χ1) is 10.1. The molecule has 3 rings (SSSR count). The van der Waals surface area contributed by atoms with Crippen molar-refractivity contribution in [3.8, 4) is 0 Å². The standard InChI is InChI=1S/C13H15F2N5O/c14-10(15)7-19-3-5-20(6-4-19)12-11-9(1-2-16-12)13(21)18-8-17-11/h1-2,8,10H,3-7H2,(H,17,18,21). The Labute approximate surface area is 119 Å². The predicted octanol–water partition coefficient (Wildman–Crippen LogP) is 0.705. The molecule has 2 aromatic rings. The summed E-state index contributed by atoms with van der Waals surface area (Å²) in [5.41, 5.74) is 0.337. The second kappa shape index (κ2) is 5.72. The zero-order valence-electron chi connectivity index (χ0n) is 11.3. The Hall–Kier alpha value is -2.09. The number of nitrogens with one attached hydrogen (secondary N) is 1. The van der Waals surface area contributed by atoms with Gasteiger partial charge in [0.25, 0.3) is 12.0 Å². The van der Waals surface area contributed by atoms with Gasteiger partial charge in [0.1, 0.15) is 5.52 Å². The van der Waals surface area contributed by atoms with E-state index in [0.29, 0.717) is 42.9 Å². The zero-order valence-corrected chi connectivity index (χ0v) is 11.3. The molecule has 21 heavy (non-hydrogen) atoms. The summed E-state index contributed by atoms with van der Waals surface area (Å²) in [5, 5.41) is 0.484.